The summed E-state index contributed by atoms with van der Waals surface area (Å²) in [5.41, 5.74) is 2.30. The van der Waals surface area contributed by atoms with Gasteiger partial charge in [0.2, 0.25) is 0 Å². The van der Waals surface area contributed by atoms with Gasteiger partial charge in [-0.15, -0.1) is 24.0 Å². The monoisotopic (exact) mass is 525 g/mol. The molecule has 1 fully saturated rings. The third-order valence-electron chi connectivity index (χ3n) is 4.69. The van der Waals surface area contributed by atoms with Crippen LogP contribution < -0.4 is 15.4 Å². The molecule has 6 nitrogen and oxygen atoms in total. The van der Waals surface area contributed by atoms with Crippen LogP contribution in [-0.4, -0.2) is 45.5 Å². The molecule has 0 radical (unpaired) electrons. The zero-order valence-electron chi connectivity index (χ0n) is 17.5. The van der Waals surface area contributed by atoms with Crippen LogP contribution in [-0.2, 0) is 22.6 Å². The third-order valence-corrected chi connectivity index (χ3v) is 4.69. The zero-order valence-corrected chi connectivity index (χ0v) is 19.8. The van der Waals surface area contributed by atoms with E-state index in [4.69, 9.17) is 14.2 Å². The summed E-state index contributed by atoms with van der Waals surface area (Å²) in [5.74, 6) is 1.65. The van der Waals surface area contributed by atoms with E-state index in [1.807, 2.05) is 30.3 Å². The number of halogens is 1. The number of rotatable bonds is 10. The number of benzene rings is 2. The molecular weight excluding hydrogens is 493 g/mol. The molecule has 0 amide bonds. The third kappa shape index (κ3) is 8.89. The van der Waals surface area contributed by atoms with Gasteiger partial charge in [-0.25, -0.2) is 0 Å². The molecular formula is C23H32IN3O3. The van der Waals surface area contributed by atoms with Crippen LogP contribution in [0.3, 0.4) is 0 Å². The summed E-state index contributed by atoms with van der Waals surface area (Å²) in [6.07, 6.45) is 2.20. The van der Waals surface area contributed by atoms with Gasteiger partial charge in [0, 0.05) is 33.4 Å². The number of hydrogen-bond donors (Lipinski definition) is 2. The molecule has 0 aromatic heterocycles. The Labute approximate surface area is 196 Å². The standard InChI is InChI=1S/C23H31N3O3.HI/c1-24-23(25-12-6-13-28-22-11-14-27-18-22)26-16-20-9-5-10-21(15-20)29-17-19-7-3-2-4-8-19;/h2-5,7-10,15,22H,6,11-14,16-18H2,1H3,(H2,24,25,26);1H. The molecule has 1 aliphatic heterocycles. The van der Waals surface area contributed by atoms with Crippen LogP contribution in [0.2, 0.25) is 0 Å². The summed E-state index contributed by atoms with van der Waals surface area (Å²) >= 11 is 0. The van der Waals surface area contributed by atoms with Crippen LogP contribution in [0.15, 0.2) is 59.6 Å². The lowest BCUT2D eigenvalue weighted by atomic mass is 10.2. The molecule has 2 aromatic rings. The Kier molecular flexibility index (Phi) is 11.6. The van der Waals surface area contributed by atoms with Crippen LogP contribution in [0.5, 0.6) is 5.75 Å². The summed E-state index contributed by atoms with van der Waals surface area (Å²) in [5, 5.41) is 6.66. The Morgan fingerprint density at radius 1 is 1.10 bits per heavy atom. The molecule has 0 spiro atoms. The summed E-state index contributed by atoms with van der Waals surface area (Å²) in [7, 11) is 1.78. The highest BCUT2D eigenvalue weighted by Gasteiger charge is 2.15. The number of nitrogens with one attached hydrogen (secondary N) is 2. The SMILES string of the molecule is CN=C(NCCCOC1CCOC1)NCc1cccc(OCc2ccccc2)c1.I. The summed E-state index contributed by atoms with van der Waals surface area (Å²) in [4.78, 5) is 4.28. The molecule has 1 unspecified atom stereocenters. The predicted molar refractivity (Wildman–Crippen MR) is 131 cm³/mol. The first-order valence-corrected chi connectivity index (χ1v) is 10.2. The van der Waals surface area contributed by atoms with Gasteiger partial charge in [-0.1, -0.05) is 42.5 Å². The van der Waals surface area contributed by atoms with E-state index in [0.29, 0.717) is 13.2 Å². The highest BCUT2D eigenvalue weighted by molar-refractivity contribution is 14.0. The predicted octanol–water partition coefficient (Wildman–Crippen LogP) is 3.74. The van der Waals surface area contributed by atoms with Gasteiger partial charge in [0.05, 0.1) is 12.7 Å². The number of ether oxygens (including phenoxy) is 3. The van der Waals surface area contributed by atoms with Gasteiger partial charge in [-0.05, 0) is 36.1 Å². The molecule has 0 aliphatic carbocycles. The van der Waals surface area contributed by atoms with Crippen LogP contribution >= 0.6 is 24.0 Å². The molecule has 2 aromatic carbocycles. The van der Waals surface area contributed by atoms with Gasteiger partial charge in [0.25, 0.3) is 0 Å². The van der Waals surface area contributed by atoms with Crippen LogP contribution in [0.1, 0.15) is 24.0 Å². The van der Waals surface area contributed by atoms with Crippen molar-refractivity contribution < 1.29 is 14.2 Å². The number of nitrogens with zero attached hydrogens (tertiary/aromatic N) is 1. The van der Waals surface area contributed by atoms with E-state index in [-0.39, 0.29) is 30.1 Å². The van der Waals surface area contributed by atoms with E-state index in [0.717, 1.165) is 62.0 Å². The van der Waals surface area contributed by atoms with E-state index in [9.17, 15) is 0 Å². The van der Waals surface area contributed by atoms with Gasteiger partial charge >= 0.3 is 0 Å². The Morgan fingerprint density at radius 2 is 1.93 bits per heavy atom. The van der Waals surface area contributed by atoms with Gasteiger partial charge < -0.3 is 24.8 Å². The zero-order chi connectivity index (χ0) is 20.2. The summed E-state index contributed by atoms with van der Waals surface area (Å²) in [6.45, 7) is 4.34. The molecule has 3 rings (SSSR count). The first-order chi connectivity index (χ1) is 14.3. The molecule has 1 aliphatic rings. The first kappa shape index (κ1) is 24.4. The van der Waals surface area contributed by atoms with Crippen molar-refractivity contribution in [3.63, 3.8) is 0 Å². The maximum absolute atomic E-state index is 5.90. The Hall–Kier alpha value is -1.84. The minimum Gasteiger partial charge on any atom is -0.489 e. The Balaban J connectivity index is 0.00000320. The lowest BCUT2D eigenvalue weighted by Gasteiger charge is -2.14. The van der Waals surface area contributed by atoms with Crippen LogP contribution in [0.4, 0.5) is 0 Å². The van der Waals surface area contributed by atoms with Crippen molar-refractivity contribution in [1.82, 2.24) is 10.6 Å². The second kappa shape index (κ2) is 14.2. The van der Waals surface area contributed by atoms with Gasteiger partial charge in [0.15, 0.2) is 5.96 Å². The van der Waals surface area contributed by atoms with E-state index in [1.54, 1.807) is 7.05 Å². The lowest BCUT2D eigenvalue weighted by molar-refractivity contribution is 0.0420. The fourth-order valence-corrected chi connectivity index (χ4v) is 3.07. The fourth-order valence-electron chi connectivity index (χ4n) is 3.07. The van der Waals surface area contributed by atoms with E-state index >= 15 is 0 Å². The molecule has 30 heavy (non-hydrogen) atoms. The lowest BCUT2D eigenvalue weighted by Crippen LogP contribution is -2.37. The highest BCUT2D eigenvalue weighted by atomic mass is 127. The van der Waals surface area contributed by atoms with E-state index < -0.39 is 0 Å². The van der Waals surface area contributed by atoms with Crippen molar-refractivity contribution in [3.05, 3.63) is 65.7 Å². The van der Waals surface area contributed by atoms with Gasteiger partial charge in [0.1, 0.15) is 12.4 Å². The maximum atomic E-state index is 5.90. The van der Waals surface area contributed by atoms with Crippen LogP contribution in [0, 0.1) is 0 Å². The Morgan fingerprint density at radius 3 is 2.70 bits per heavy atom. The molecule has 164 valence electrons. The molecule has 2 N–H and O–H groups in total. The van der Waals surface area contributed by atoms with Crippen molar-refractivity contribution in [2.24, 2.45) is 4.99 Å². The van der Waals surface area contributed by atoms with Crippen molar-refractivity contribution in [3.8, 4) is 5.75 Å². The number of aliphatic imine (C=N–C) groups is 1. The number of hydrogen-bond acceptors (Lipinski definition) is 4. The normalized spacial score (nSPS) is 16.0. The fraction of sp³-hybridized carbons (Fsp3) is 0.435. The molecule has 0 bridgehead atoms. The highest BCUT2D eigenvalue weighted by Crippen LogP contribution is 2.15. The smallest absolute Gasteiger partial charge is 0.191 e. The average Bonchev–Trinajstić information content (AvgIpc) is 3.29. The van der Waals surface area contributed by atoms with Crippen molar-refractivity contribution >= 4 is 29.9 Å². The second-order valence-corrected chi connectivity index (χ2v) is 6.98. The van der Waals surface area contributed by atoms with Crippen LogP contribution in [0.25, 0.3) is 0 Å². The second-order valence-electron chi connectivity index (χ2n) is 6.98. The topological polar surface area (TPSA) is 64.1 Å². The molecule has 1 saturated heterocycles. The summed E-state index contributed by atoms with van der Waals surface area (Å²) in [6, 6.07) is 18.3. The minimum absolute atomic E-state index is 0. The van der Waals surface area contributed by atoms with Gasteiger partial charge in [-0.3, -0.25) is 4.99 Å². The largest absolute Gasteiger partial charge is 0.489 e. The molecule has 0 saturated carbocycles. The molecule has 7 heteroatoms. The molecule has 1 heterocycles. The van der Waals surface area contributed by atoms with Crippen molar-refractivity contribution in [1.29, 1.82) is 0 Å². The van der Waals surface area contributed by atoms with Crippen molar-refractivity contribution in [2.45, 2.75) is 32.1 Å². The van der Waals surface area contributed by atoms with Gasteiger partial charge in [-0.2, -0.15) is 0 Å². The quantitative estimate of drug-likeness (QED) is 0.214. The average molecular weight is 525 g/mol. The number of guanidine groups is 1. The first-order valence-electron chi connectivity index (χ1n) is 10.2. The minimum atomic E-state index is 0. The van der Waals surface area contributed by atoms with Crippen molar-refractivity contribution in [2.75, 3.05) is 33.4 Å². The Bertz CT molecular complexity index is 752. The molecule has 1 atom stereocenters. The maximum Gasteiger partial charge on any atom is 0.191 e. The summed E-state index contributed by atoms with van der Waals surface area (Å²) < 4.78 is 17.0. The van der Waals surface area contributed by atoms with E-state index in [1.165, 1.54) is 0 Å². The van der Waals surface area contributed by atoms with E-state index in [2.05, 4.69) is 39.9 Å².